The summed E-state index contributed by atoms with van der Waals surface area (Å²) in [7, 11) is 0. The van der Waals surface area contributed by atoms with Crippen LogP contribution in [0.5, 0.6) is 5.75 Å². The molecular weight excluding hydrogens is 421 g/mol. The molecule has 2 aromatic carbocycles. The van der Waals surface area contributed by atoms with Crippen LogP contribution in [0, 0.1) is 10.1 Å². The van der Waals surface area contributed by atoms with E-state index in [0.717, 1.165) is 0 Å². The number of benzene rings is 2. The normalized spacial score (nSPS) is 10.8. The number of hydrogen-bond donors (Lipinski definition) is 0. The lowest BCUT2D eigenvalue weighted by Crippen LogP contribution is -2.06. The molecule has 29 heavy (non-hydrogen) atoms. The van der Waals surface area contributed by atoms with Crippen LogP contribution in [-0.2, 0) is 6.73 Å². The van der Waals surface area contributed by atoms with Crippen LogP contribution in [-0.4, -0.2) is 24.8 Å². The number of nitro benzene ring substituents is 1. The highest BCUT2D eigenvalue weighted by Crippen LogP contribution is 2.31. The van der Waals surface area contributed by atoms with Crippen molar-refractivity contribution in [1.29, 1.82) is 0 Å². The van der Waals surface area contributed by atoms with Gasteiger partial charge in [0.25, 0.3) is 11.6 Å². The molecular formula is C18H11Cl2N5O4. The monoisotopic (exact) mass is 431 g/mol. The predicted octanol–water partition coefficient (Wildman–Crippen LogP) is 4.85. The van der Waals surface area contributed by atoms with Gasteiger partial charge in [0, 0.05) is 23.9 Å². The smallest absolute Gasteiger partial charge is 0.278 e. The predicted molar refractivity (Wildman–Crippen MR) is 105 cm³/mol. The van der Waals surface area contributed by atoms with Crippen LogP contribution >= 0.6 is 23.2 Å². The van der Waals surface area contributed by atoms with Crippen molar-refractivity contribution in [2.45, 2.75) is 6.73 Å². The summed E-state index contributed by atoms with van der Waals surface area (Å²) in [5, 5.41) is 19.7. The molecule has 2 heterocycles. The Morgan fingerprint density at radius 3 is 2.69 bits per heavy atom. The van der Waals surface area contributed by atoms with Crippen molar-refractivity contribution >= 4 is 28.9 Å². The first kappa shape index (κ1) is 18.9. The highest BCUT2D eigenvalue weighted by molar-refractivity contribution is 6.42. The number of non-ortho nitro benzene ring substituents is 1. The third kappa shape index (κ3) is 4.05. The fraction of sp³-hybridized carbons (Fsp3) is 0.0556. The highest BCUT2D eigenvalue weighted by Gasteiger charge is 2.15. The second-order valence-corrected chi connectivity index (χ2v) is 6.58. The van der Waals surface area contributed by atoms with Gasteiger partial charge in [0.15, 0.2) is 12.4 Å². The molecule has 0 amide bonds. The van der Waals surface area contributed by atoms with E-state index in [0.29, 0.717) is 32.9 Å². The Hall–Kier alpha value is -3.43. The van der Waals surface area contributed by atoms with Crippen LogP contribution in [0.15, 0.2) is 59.3 Å². The minimum atomic E-state index is -0.475. The van der Waals surface area contributed by atoms with Gasteiger partial charge in [0.05, 0.1) is 9.95 Å². The fourth-order valence-corrected chi connectivity index (χ4v) is 2.80. The van der Waals surface area contributed by atoms with Gasteiger partial charge in [-0.3, -0.25) is 10.1 Å². The lowest BCUT2D eigenvalue weighted by molar-refractivity contribution is -0.384. The molecule has 0 spiro atoms. The Balaban J connectivity index is 1.47. The molecule has 0 saturated heterocycles. The number of aromatic nitrogens is 4. The first-order valence-electron chi connectivity index (χ1n) is 8.20. The zero-order chi connectivity index (χ0) is 20.4. The van der Waals surface area contributed by atoms with E-state index in [9.17, 15) is 10.1 Å². The van der Waals surface area contributed by atoms with Gasteiger partial charge in [-0.15, -0.1) is 0 Å². The van der Waals surface area contributed by atoms with E-state index < -0.39 is 4.92 Å². The summed E-state index contributed by atoms with van der Waals surface area (Å²) in [6.45, 7) is 0.101. The van der Waals surface area contributed by atoms with Crippen molar-refractivity contribution in [3.8, 4) is 28.7 Å². The van der Waals surface area contributed by atoms with Crippen molar-refractivity contribution in [3.05, 3.63) is 74.9 Å². The van der Waals surface area contributed by atoms with Crippen molar-refractivity contribution < 1.29 is 14.2 Å². The van der Waals surface area contributed by atoms with Gasteiger partial charge in [-0.2, -0.15) is 10.1 Å². The Bertz CT molecular complexity index is 1170. The number of ether oxygens (including phenoxy) is 1. The third-order valence-electron chi connectivity index (χ3n) is 3.89. The topological polar surface area (TPSA) is 109 Å². The van der Waals surface area contributed by atoms with E-state index >= 15 is 0 Å². The van der Waals surface area contributed by atoms with Crippen LogP contribution < -0.4 is 4.74 Å². The highest BCUT2D eigenvalue weighted by atomic mass is 35.5. The zero-order valence-electron chi connectivity index (χ0n) is 14.5. The van der Waals surface area contributed by atoms with Crippen LogP contribution in [0.1, 0.15) is 0 Å². The Labute approximate surface area is 173 Å². The minimum Gasteiger partial charge on any atom is -0.470 e. The van der Waals surface area contributed by atoms with Crippen molar-refractivity contribution in [2.75, 3.05) is 0 Å². The molecule has 0 atom stereocenters. The molecule has 11 heteroatoms. The molecule has 4 rings (SSSR count). The molecule has 0 radical (unpaired) electrons. The van der Waals surface area contributed by atoms with Gasteiger partial charge in [0.1, 0.15) is 10.8 Å². The zero-order valence-corrected chi connectivity index (χ0v) is 16.0. The Morgan fingerprint density at radius 1 is 1.14 bits per heavy atom. The molecule has 0 saturated carbocycles. The first-order chi connectivity index (χ1) is 14.0. The van der Waals surface area contributed by atoms with Gasteiger partial charge < -0.3 is 9.26 Å². The maximum absolute atomic E-state index is 10.7. The second kappa shape index (κ2) is 7.90. The molecule has 4 aromatic rings. The fourth-order valence-electron chi connectivity index (χ4n) is 2.46. The van der Waals surface area contributed by atoms with Crippen LogP contribution in [0.4, 0.5) is 5.69 Å². The number of rotatable bonds is 6. The lowest BCUT2D eigenvalue weighted by atomic mass is 10.2. The summed E-state index contributed by atoms with van der Waals surface area (Å²) >= 11 is 12.1. The minimum absolute atomic E-state index is 0.0176. The van der Waals surface area contributed by atoms with E-state index in [2.05, 4.69) is 15.2 Å². The molecule has 2 aromatic heterocycles. The molecule has 0 unspecified atom stereocenters. The molecule has 0 aliphatic carbocycles. The Morgan fingerprint density at radius 2 is 1.93 bits per heavy atom. The van der Waals surface area contributed by atoms with Gasteiger partial charge in [-0.1, -0.05) is 34.4 Å². The number of nitrogens with zero attached hydrogens (tertiary/aromatic N) is 5. The summed E-state index contributed by atoms with van der Waals surface area (Å²) in [6, 6.07) is 12.6. The first-order valence-corrected chi connectivity index (χ1v) is 8.96. The summed E-state index contributed by atoms with van der Waals surface area (Å²) in [5.41, 5.74) is 1.02. The van der Waals surface area contributed by atoms with Gasteiger partial charge in [-0.05, 0) is 30.3 Å². The van der Waals surface area contributed by atoms with Gasteiger partial charge in [-0.25, -0.2) is 4.68 Å². The maximum atomic E-state index is 10.7. The van der Waals surface area contributed by atoms with Crippen molar-refractivity contribution in [3.63, 3.8) is 0 Å². The van der Waals surface area contributed by atoms with Crippen LogP contribution in [0.2, 0.25) is 10.0 Å². The molecule has 9 nitrogen and oxygen atoms in total. The van der Waals surface area contributed by atoms with E-state index in [4.69, 9.17) is 32.5 Å². The molecule has 0 bridgehead atoms. The summed E-state index contributed by atoms with van der Waals surface area (Å²) in [4.78, 5) is 14.5. The molecule has 0 fully saturated rings. The molecule has 0 N–H and O–H groups in total. The van der Waals surface area contributed by atoms with Crippen LogP contribution in [0.25, 0.3) is 23.0 Å². The van der Waals surface area contributed by atoms with Crippen molar-refractivity contribution in [1.82, 2.24) is 19.9 Å². The average molecular weight is 432 g/mol. The standard InChI is InChI=1S/C18H11Cl2N5O4/c19-13-2-1-3-15(16(13)20)28-10-24-9-8-14(22-24)18-21-17(23-29-18)11-4-6-12(7-5-11)25(26)27/h1-9H,10H2. The van der Waals surface area contributed by atoms with E-state index in [1.165, 1.54) is 16.8 Å². The largest absolute Gasteiger partial charge is 0.470 e. The SMILES string of the molecule is O=[N+]([O-])c1ccc(-c2noc(-c3ccn(COc4cccc(Cl)c4Cl)n3)n2)cc1. The Kier molecular flexibility index (Phi) is 5.15. The van der Waals surface area contributed by atoms with E-state index in [1.54, 1.807) is 42.6 Å². The van der Waals surface area contributed by atoms with Crippen LogP contribution in [0.3, 0.4) is 0 Å². The summed E-state index contributed by atoms with van der Waals surface area (Å²) in [5.74, 6) is 0.943. The maximum Gasteiger partial charge on any atom is 0.278 e. The third-order valence-corrected chi connectivity index (χ3v) is 4.69. The number of nitro groups is 1. The van der Waals surface area contributed by atoms with E-state index in [1.807, 2.05) is 0 Å². The number of halogens is 2. The lowest BCUT2D eigenvalue weighted by Gasteiger charge is -2.08. The van der Waals surface area contributed by atoms with E-state index in [-0.39, 0.29) is 18.3 Å². The molecule has 146 valence electrons. The average Bonchev–Trinajstić information content (AvgIpc) is 3.38. The van der Waals surface area contributed by atoms with Gasteiger partial charge >= 0.3 is 0 Å². The second-order valence-electron chi connectivity index (χ2n) is 5.79. The van der Waals surface area contributed by atoms with Crippen molar-refractivity contribution in [2.24, 2.45) is 0 Å². The summed E-state index contributed by atoms with van der Waals surface area (Å²) < 4.78 is 12.4. The summed E-state index contributed by atoms with van der Waals surface area (Å²) in [6.07, 6.45) is 1.68. The molecule has 0 aliphatic heterocycles. The molecule has 0 aliphatic rings. The quantitative estimate of drug-likeness (QED) is 0.316. The number of hydrogen-bond acceptors (Lipinski definition) is 7. The van der Waals surface area contributed by atoms with Gasteiger partial charge in [0.2, 0.25) is 5.82 Å².